The van der Waals surface area contributed by atoms with Crippen molar-refractivity contribution in [1.29, 1.82) is 0 Å². The van der Waals surface area contributed by atoms with Crippen molar-refractivity contribution in [2.75, 3.05) is 0 Å². The van der Waals surface area contributed by atoms with E-state index in [0.717, 1.165) is 0 Å². The number of hydrogen-bond acceptors (Lipinski definition) is 1. The predicted molar refractivity (Wildman–Crippen MR) is 44.8 cm³/mol. The third-order valence-corrected chi connectivity index (χ3v) is 1.98. The minimum Gasteiger partial charge on any atom is -0.317 e. The van der Waals surface area contributed by atoms with Crippen molar-refractivity contribution in [3.63, 3.8) is 0 Å². The van der Waals surface area contributed by atoms with Crippen molar-refractivity contribution in [3.05, 3.63) is 30.3 Å². The van der Waals surface area contributed by atoms with Crippen LogP contribution in [0.5, 0.6) is 0 Å². The molecule has 0 bridgehead atoms. The molecule has 0 aliphatic rings. The fourth-order valence-electron chi connectivity index (χ4n) is 1.02. The maximum Gasteiger partial charge on any atom is 0.145 e. The molecule has 2 aromatic rings. The van der Waals surface area contributed by atoms with E-state index in [9.17, 15) is 4.39 Å². The van der Waals surface area contributed by atoms with Crippen molar-refractivity contribution in [2.45, 2.75) is 0 Å². The Bertz CT molecular complexity index is 396. The molecular formula is C7H6FN2P. The SMILES string of the molecule is Fc1ccnc2c1ccn2P. The molecule has 0 fully saturated rings. The van der Waals surface area contributed by atoms with Crippen LogP contribution in [-0.2, 0) is 0 Å². The van der Waals surface area contributed by atoms with Crippen LogP contribution in [0.1, 0.15) is 0 Å². The Labute approximate surface area is 65.3 Å². The van der Waals surface area contributed by atoms with E-state index in [4.69, 9.17) is 0 Å². The molecule has 1 atom stereocenters. The summed E-state index contributed by atoms with van der Waals surface area (Å²) in [6.07, 6.45) is 3.21. The Morgan fingerprint density at radius 2 is 2.27 bits per heavy atom. The monoisotopic (exact) mass is 168 g/mol. The van der Waals surface area contributed by atoms with Gasteiger partial charge >= 0.3 is 0 Å². The number of fused-ring (bicyclic) bond motifs is 1. The van der Waals surface area contributed by atoms with Crippen LogP contribution in [0.15, 0.2) is 24.5 Å². The molecule has 2 aromatic heterocycles. The molecule has 4 heteroatoms. The Morgan fingerprint density at radius 3 is 3.00 bits per heavy atom. The third-order valence-electron chi connectivity index (χ3n) is 1.56. The summed E-state index contributed by atoms with van der Waals surface area (Å²) in [6, 6.07) is 3.05. The molecule has 0 amide bonds. The van der Waals surface area contributed by atoms with Gasteiger partial charge in [0, 0.05) is 12.4 Å². The van der Waals surface area contributed by atoms with Crippen LogP contribution in [0.2, 0.25) is 0 Å². The standard InChI is InChI=1S/C7H6FN2P/c8-6-1-3-9-7-5(6)2-4-10(7)11/h1-4H,11H2. The van der Waals surface area contributed by atoms with E-state index >= 15 is 0 Å². The van der Waals surface area contributed by atoms with E-state index in [1.54, 1.807) is 16.6 Å². The lowest BCUT2D eigenvalue weighted by Gasteiger charge is -1.93. The average Bonchev–Trinajstić information content (AvgIpc) is 2.35. The molecule has 0 spiro atoms. The van der Waals surface area contributed by atoms with Gasteiger partial charge in [0.15, 0.2) is 0 Å². The Kier molecular flexibility index (Phi) is 1.40. The van der Waals surface area contributed by atoms with Gasteiger partial charge < -0.3 is 4.34 Å². The molecule has 2 heterocycles. The summed E-state index contributed by atoms with van der Waals surface area (Å²) in [6.45, 7) is 0. The van der Waals surface area contributed by atoms with Crippen LogP contribution in [-0.4, -0.2) is 9.32 Å². The van der Waals surface area contributed by atoms with Crippen LogP contribution in [0, 0.1) is 5.82 Å². The van der Waals surface area contributed by atoms with E-state index in [1.807, 2.05) is 0 Å². The van der Waals surface area contributed by atoms with Crippen LogP contribution < -0.4 is 0 Å². The number of pyridine rings is 1. The Balaban J connectivity index is 2.94. The second-order valence-corrected chi connectivity index (χ2v) is 2.81. The second kappa shape index (κ2) is 2.28. The molecule has 0 aromatic carbocycles. The average molecular weight is 168 g/mol. The van der Waals surface area contributed by atoms with E-state index < -0.39 is 0 Å². The largest absolute Gasteiger partial charge is 0.317 e. The summed E-state index contributed by atoms with van der Waals surface area (Å²) in [4.78, 5) is 4.00. The fraction of sp³-hybridized carbons (Fsp3) is 0. The zero-order valence-corrected chi connectivity index (χ0v) is 6.81. The van der Waals surface area contributed by atoms with Gasteiger partial charge in [-0.05, 0) is 21.5 Å². The van der Waals surface area contributed by atoms with Crippen molar-refractivity contribution in [2.24, 2.45) is 0 Å². The van der Waals surface area contributed by atoms with Crippen LogP contribution >= 0.6 is 9.39 Å². The summed E-state index contributed by atoms with van der Waals surface area (Å²) >= 11 is 0. The first-order chi connectivity index (χ1) is 5.29. The van der Waals surface area contributed by atoms with Gasteiger partial charge in [-0.2, -0.15) is 0 Å². The first-order valence-corrected chi connectivity index (χ1v) is 3.67. The topological polar surface area (TPSA) is 17.8 Å². The van der Waals surface area contributed by atoms with Gasteiger partial charge in [-0.15, -0.1) is 0 Å². The van der Waals surface area contributed by atoms with E-state index in [2.05, 4.69) is 14.4 Å². The predicted octanol–water partition coefficient (Wildman–Crippen LogP) is 1.81. The number of aromatic nitrogens is 2. The molecule has 2 nitrogen and oxygen atoms in total. The van der Waals surface area contributed by atoms with Gasteiger partial charge in [0.2, 0.25) is 0 Å². The fourth-order valence-corrected chi connectivity index (χ4v) is 1.32. The molecule has 0 saturated heterocycles. The van der Waals surface area contributed by atoms with Crippen molar-refractivity contribution < 1.29 is 4.39 Å². The van der Waals surface area contributed by atoms with Gasteiger partial charge in [-0.3, -0.25) is 0 Å². The highest BCUT2D eigenvalue weighted by atomic mass is 31.0. The molecule has 0 aliphatic heterocycles. The number of halogens is 1. The van der Waals surface area contributed by atoms with Crippen molar-refractivity contribution >= 4 is 20.4 Å². The first kappa shape index (κ1) is 6.74. The van der Waals surface area contributed by atoms with Crippen LogP contribution in [0.25, 0.3) is 11.0 Å². The summed E-state index contributed by atoms with van der Waals surface area (Å²) in [5.41, 5.74) is 0.648. The van der Waals surface area contributed by atoms with Crippen LogP contribution in [0.3, 0.4) is 0 Å². The van der Waals surface area contributed by atoms with E-state index in [0.29, 0.717) is 11.0 Å². The smallest absolute Gasteiger partial charge is 0.145 e. The van der Waals surface area contributed by atoms with Gasteiger partial charge in [-0.25, -0.2) is 9.37 Å². The van der Waals surface area contributed by atoms with E-state index in [-0.39, 0.29) is 5.82 Å². The number of hydrogen-bond donors (Lipinski definition) is 0. The molecule has 11 heavy (non-hydrogen) atoms. The maximum atomic E-state index is 12.9. The number of rotatable bonds is 0. The summed E-state index contributed by atoms with van der Waals surface area (Å²) in [7, 11) is 2.44. The lowest BCUT2D eigenvalue weighted by molar-refractivity contribution is 0.638. The minimum atomic E-state index is -0.226. The first-order valence-electron chi connectivity index (χ1n) is 3.15. The van der Waals surface area contributed by atoms with Crippen LogP contribution in [0.4, 0.5) is 4.39 Å². The van der Waals surface area contributed by atoms with Gasteiger partial charge in [0.05, 0.1) is 5.39 Å². The maximum absolute atomic E-state index is 12.9. The summed E-state index contributed by atoms with van der Waals surface area (Å²) in [5.74, 6) is -0.226. The zero-order chi connectivity index (χ0) is 7.84. The zero-order valence-electron chi connectivity index (χ0n) is 5.66. The van der Waals surface area contributed by atoms with Gasteiger partial charge in [0.1, 0.15) is 11.5 Å². The third kappa shape index (κ3) is 0.925. The van der Waals surface area contributed by atoms with Crippen molar-refractivity contribution in [1.82, 2.24) is 9.32 Å². The highest BCUT2D eigenvalue weighted by Gasteiger charge is 2.02. The normalized spacial score (nSPS) is 10.7. The highest BCUT2D eigenvalue weighted by molar-refractivity contribution is 7.14. The van der Waals surface area contributed by atoms with Gasteiger partial charge in [-0.1, -0.05) is 0 Å². The quantitative estimate of drug-likeness (QED) is 0.548. The number of nitrogens with zero attached hydrogens (tertiary/aromatic N) is 2. The second-order valence-electron chi connectivity index (χ2n) is 2.25. The molecule has 0 saturated carbocycles. The molecular weight excluding hydrogens is 162 g/mol. The molecule has 56 valence electrons. The van der Waals surface area contributed by atoms with Gasteiger partial charge in [0.25, 0.3) is 0 Å². The molecule has 1 unspecified atom stereocenters. The lowest BCUT2D eigenvalue weighted by atomic mass is 10.3. The highest BCUT2D eigenvalue weighted by Crippen LogP contribution is 2.17. The summed E-state index contributed by atoms with van der Waals surface area (Å²) in [5, 5.41) is 0.558. The molecule has 0 N–H and O–H groups in total. The lowest BCUT2D eigenvalue weighted by Crippen LogP contribution is -1.82. The Morgan fingerprint density at radius 1 is 1.45 bits per heavy atom. The van der Waals surface area contributed by atoms with Crippen molar-refractivity contribution in [3.8, 4) is 0 Å². The van der Waals surface area contributed by atoms with E-state index in [1.165, 1.54) is 12.3 Å². The molecule has 0 aliphatic carbocycles. The molecule has 2 rings (SSSR count). The summed E-state index contributed by atoms with van der Waals surface area (Å²) < 4.78 is 14.6. The Hall–Kier alpha value is -0.950. The molecule has 0 radical (unpaired) electrons. The minimum absolute atomic E-state index is 0.226.